The average Bonchev–Trinajstić information content (AvgIpc) is 3.37. The number of aryl methyl sites for hydroxylation is 1. The predicted molar refractivity (Wildman–Crippen MR) is 96.1 cm³/mol. The molecule has 3 nitrogen and oxygen atoms in total. The highest BCUT2D eigenvalue weighted by Gasteiger charge is 2.52. The lowest BCUT2D eigenvalue weighted by atomic mass is 9.55. The van der Waals surface area contributed by atoms with Gasteiger partial charge in [-0.15, -0.1) is 0 Å². The summed E-state index contributed by atoms with van der Waals surface area (Å²) in [5.41, 5.74) is 4.24. The van der Waals surface area contributed by atoms with E-state index in [1.165, 1.54) is 36.1 Å². The van der Waals surface area contributed by atoms with Crippen molar-refractivity contribution in [2.45, 2.75) is 63.5 Å². The maximum Gasteiger partial charge on any atom is 0.0779 e. The topological polar surface area (TPSA) is 43.7 Å². The second-order valence-corrected chi connectivity index (χ2v) is 8.61. The third-order valence-corrected chi connectivity index (χ3v) is 6.99. The van der Waals surface area contributed by atoms with Crippen LogP contribution in [0.1, 0.15) is 49.3 Å². The second kappa shape index (κ2) is 6.12. The molecule has 1 heterocycles. The molecule has 0 aromatic heterocycles. The maximum atomic E-state index is 10.3. The van der Waals surface area contributed by atoms with Gasteiger partial charge in [-0.3, -0.25) is 4.90 Å². The lowest BCUT2D eigenvalue weighted by Crippen LogP contribution is -2.60. The number of piperidine rings is 1. The third kappa shape index (κ3) is 2.71. The van der Waals surface area contributed by atoms with Crippen molar-refractivity contribution in [3.05, 3.63) is 34.9 Å². The van der Waals surface area contributed by atoms with Crippen molar-refractivity contribution < 1.29 is 10.2 Å². The molecule has 1 saturated carbocycles. The highest BCUT2D eigenvalue weighted by atomic mass is 16.3. The standard InChI is InChI=1S/C21H31NO2/c1-14-3-6-17-10-20-15(2)21(19(17)9-14,11-18(24)13-23)7-8-22(20)12-16-4-5-16/h3,6,9,15-16,18,20,23-24H,4-5,7-8,10-13H2,1-2H3/t15-,18+,20?,21+/m0/s1. The highest BCUT2D eigenvalue weighted by molar-refractivity contribution is 5.43. The van der Waals surface area contributed by atoms with Crippen molar-refractivity contribution in [3.63, 3.8) is 0 Å². The van der Waals surface area contributed by atoms with Crippen molar-refractivity contribution in [1.29, 1.82) is 0 Å². The molecule has 2 N–H and O–H groups in total. The van der Waals surface area contributed by atoms with Crippen LogP contribution in [-0.2, 0) is 11.8 Å². The van der Waals surface area contributed by atoms with Gasteiger partial charge in [0.05, 0.1) is 12.7 Å². The molecule has 3 heteroatoms. The second-order valence-electron chi connectivity index (χ2n) is 8.61. The van der Waals surface area contributed by atoms with Gasteiger partial charge in [0.25, 0.3) is 0 Å². The Labute approximate surface area is 145 Å². The summed E-state index contributed by atoms with van der Waals surface area (Å²) in [5, 5.41) is 19.8. The molecule has 1 unspecified atom stereocenters. The monoisotopic (exact) mass is 329 g/mol. The summed E-state index contributed by atoms with van der Waals surface area (Å²) >= 11 is 0. The Bertz CT molecular complexity index is 612. The fourth-order valence-electron chi connectivity index (χ4n) is 5.41. The number of benzene rings is 1. The first-order valence-corrected chi connectivity index (χ1v) is 9.66. The first kappa shape index (κ1) is 16.6. The summed E-state index contributed by atoms with van der Waals surface area (Å²) in [5.74, 6) is 1.45. The van der Waals surface area contributed by atoms with Gasteiger partial charge >= 0.3 is 0 Å². The molecule has 2 bridgehead atoms. The van der Waals surface area contributed by atoms with Crippen LogP contribution in [0.2, 0.25) is 0 Å². The molecule has 4 rings (SSSR count). The molecule has 1 aromatic carbocycles. The zero-order chi connectivity index (χ0) is 16.9. The van der Waals surface area contributed by atoms with Crippen molar-refractivity contribution in [2.24, 2.45) is 11.8 Å². The first-order chi connectivity index (χ1) is 11.5. The minimum absolute atomic E-state index is 0.0203. The first-order valence-electron chi connectivity index (χ1n) is 9.66. The van der Waals surface area contributed by atoms with Gasteiger partial charge in [-0.05, 0) is 68.5 Å². The van der Waals surface area contributed by atoms with E-state index in [-0.39, 0.29) is 12.0 Å². The van der Waals surface area contributed by atoms with Crippen LogP contribution in [0, 0.1) is 18.8 Å². The van der Waals surface area contributed by atoms with Gasteiger partial charge < -0.3 is 10.2 Å². The minimum Gasteiger partial charge on any atom is -0.394 e. The predicted octanol–water partition coefficient (Wildman–Crippen LogP) is 2.65. The zero-order valence-corrected chi connectivity index (χ0v) is 15.0. The molecular weight excluding hydrogens is 298 g/mol. The summed E-state index contributed by atoms with van der Waals surface area (Å²) in [4.78, 5) is 2.73. The maximum absolute atomic E-state index is 10.3. The van der Waals surface area contributed by atoms with E-state index in [0.717, 1.165) is 25.3 Å². The molecular formula is C21H31NO2. The molecule has 2 aliphatic carbocycles. The quantitative estimate of drug-likeness (QED) is 0.873. The Hall–Kier alpha value is -0.900. The van der Waals surface area contributed by atoms with E-state index >= 15 is 0 Å². The summed E-state index contributed by atoms with van der Waals surface area (Å²) in [6, 6.07) is 7.47. The number of fused-ring (bicyclic) bond motifs is 4. The number of hydrogen-bond donors (Lipinski definition) is 2. The van der Waals surface area contributed by atoms with Gasteiger partial charge in [-0.2, -0.15) is 0 Å². The van der Waals surface area contributed by atoms with Gasteiger partial charge in [0.1, 0.15) is 0 Å². The van der Waals surface area contributed by atoms with Gasteiger partial charge in [0.2, 0.25) is 0 Å². The molecule has 1 saturated heterocycles. The number of nitrogens with zero attached hydrogens (tertiary/aromatic N) is 1. The van der Waals surface area contributed by atoms with E-state index in [4.69, 9.17) is 0 Å². The Morgan fingerprint density at radius 3 is 2.83 bits per heavy atom. The van der Waals surface area contributed by atoms with E-state index in [2.05, 4.69) is 36.9 Å². The minimum atomic E-state index is -0.616. The molecule has 3 aliphatic rings. The van der Waals surface area contributed by atoms with Gasteiger partial charge in [0.15, 0.2) is 0 Å². The van der Waals surface area contributed by atoms with Crippen molar-refractivity contribution in [1.82, 2.24) is 4.90 Å². The largest absolute Gasteiger partial charge is 0.394 e. The molecule has 4 atom stereocenters. The SMILES string of the molecule is Cc1ccc2c(c1)[C@@]1(C[C@@H](O)CO)CCN(CC3CC3)C(C2)[C@@H]1C. The number of aliphatic hydroxyl groups is 2. The van der Waals surface area contributed by atoms with Crippen molar-refractivity contribution in [2.75, 3.05) is 19.7 Å². The molecule has 1 aliphatic heterocycles. The molecule has 2 fully saturated rings. The number of hydrogen-bond acceptors (Lipinski definition) is 3. The van der Waals surface area contributed by atoms with E-state index in [1.807, 2.05) is 0 Å². The molecule has 0 amide bonds. The van der Waals surface area contributed by atoms with E-state index in [0.29, 0.717) is 18.4 Å². The van der Waals surface area contributed by atoms with E-state index < -0.39 is 6.10 Å². The number of likely N-dealkylation sites (tertiary alicyclic amines) is 1. The lowest BCUT2D eigenvalue weighted by molar-refractivity contribution is -0.0171. The Kier molecular flexibility index (Phi) is 4.22. The Balaban J connectivity index is 1.73. The third-order valence-electron chi connectivity index (χ3n) is 6.99. The van der Waals surface area contributed by atoms with Crippen LogP contribution in [0.5, 0.6) is 0 Å². The van der Waals surface area contributed by atoms with Gasteiger partial charge in [0, 0.05) is 18.0 Å². The normalized spacial score (nSPS) is 34.0. The number of aliphatic hydroxyl groups excluding tert-OH is 2. The van der Waals surface area contributed by atoms with Crippen LogP contribution in [0.15, 0.2) is 18.2 Å². The molecule has 0 radical (unpaired) electrons. The van der Waals surface area contributed by atoms with Crippen LogP contribution < -0.4 is 0 Å². The molecule has 132 valence electrons. The fourth-order valence-corrected chi connectivity index (χ4v) is 5.41. The van der Waals surface area contributed by atoms with Crippen molar-refractivity contribution >= 4 is 0 Å². The Morgan fingerprint density at radius 2 is 2.12 bits per heavy atom. The van der Waals surface area contributed by atoms with Gasteiger partial charge in [-0.25, -0.2) is 0 Å². The highest BCUT2D eigenvalue weighted by Crippen LogP contribution is 2.52. The fraction of sp³-hybridized carbons (Fsp3) is 0.714. The van der Waals surface area contributed by atoms with E-state index in [9.17, 15) is 10.2 Å². The zero-order valence-electron chi connectivity index (χ0n) is 15.0. The molecule has 24 heavy (non-hydrogen) atoms. The molecule has 0 spiro atoms. The summed E-state index contributed by atoms with van der Waals surface area (Å²) in [6.07, 6.45) is 5.12. The van der Waals surface area contributed by atoms with Crippen LogP contribution in [-0.4, -0.2) is 47.0 Å². The number of rotatable bonds is 5. The summed E-state index contributed by atoms with van der Waals surface area (Å²) in [7, 11) is 0. The summed E-state index contributed by atoms with van der Waals surface area (Å²) < 4.78 is 0. The molecule has 1 aromatic rings. The smallest absolute Gasteiger partial charge is 0.0779 e. The van der Waals surface area contributed by atoms with Crippen LogP contribution in [0.3, 0.4) is 0 Å². The van der Waals surface area contributed by atoms with Crippen molar-refractivity contribution in [3.8, 4) is 0 Å². The lowest BCUT2D eigenvalue weighted by Gasteiger charge is -2.57. The van der Waals surface area contributed by atoms with Crippen LogP contribution >= 0.6 is 0 Å². The van der Waals surface area contributed by atoms with Crippen LogP contribution in [0.25, 0.3) is 0 Å². The Morgan fingerprint density at radius 1 is 1.33 bits per heavy atom. The average molecular weight is 329 g/mol. The summed E-state index contributed by atoms with van der Waals surface area (Å²) in [6.45, 7) is 6.81. The van der Waals surface area contributed by atoms with Crippen LogP contribution in [0.4, 0.5) is 0 Å². The van der Waals surface area contributed by atoms with Gasteiger partial charge in [-0.1, -0.05) is 30.7 Å². The van der Waals surface area contributed by atoms with E-state index in [1.54, 1.807) is 0 Å².